The Hall–Kier alpha value is -5.64. The third kappa shape index (κ3) is 8.45. The molecule has 0 spiro atoms. The molecule has 16 heteroatoms. The van der Waals surface area contributed by atoms with Crippen molar-refractivity contribution in [2.75, 3.05) is 13.7 Å². The van der Waals surface area contributed by atoms with Gasteiger partial charge in [0.1, 0.15) is 34.5 Å². The molecule has 2 aromatic heterocycles. The van der Waals surface area contributed by atoms with Crippen molar-refractivity contribution in [2.24, 2.45) is 22.5 Å². The average Bonchev–Trinajstić information content (AvgIpc) is 4.08. The first-order chi connectivity index (χ1) is 27.7. The number of aromatic nitrogens is 1. The molecule has 1 saturated heterocycles. The van der Waals surface area contributed by atoms with Crippen LogP contribution in [0.5, 0.6) is 11.5 Å². The molecule has 0 unspecified atom stereocenters. The summed E-state index contributed by atoms with van der Waals surface area (Å²) >= 11 is 0. The smallest absolute Gasteiger partial charge is 0.405 e. The molecule has 4 N–H and O–H groups in total. The number of primary amides is 1. The van der Waals surface area contributed by atoms with Crippen molar-refractivity contribution in [1.29, 1.82) is 0 Å². The predicted octanol–water partition coefficient (Wildman–Crippen LogP) is 5.60. The van der Waals surface area contributed by atoms with Gasteiger partial charge in [-0.25, -0.2) is 18.2 Å². The van der Waals surface area contributed by atoms with E-state index in [0.717, 1.165) is 5.56 Å². The number of nitrogens with zero attached hydrogens (tertiary/aromatic N) is 2. The normalized spacial score (nSPS) is 22.4. The first-order valence-electron chi connectivity index (χ1n) is 19.7. The number of nitrogens with two attached hydrogens (primary N) is 1. The molecule has 0 radical (unpaired) electrons. The van der Waals surface area contributed by atoms with Crippen LogP contribution in [0.25, 0.3) is 33.3 Å². The highest BCUT2D eigenvalue weighted by atomic mass is 32.2. The SMILES string of the molecule is C=C[C@@H]1C[C@]1(NC(=O)[C@@H]1C[C@@H](Oc2cc(-c3ccccc3)nc3c2oc2ccc(OC)cc23)CN1C(=O)[C@@H](OC(N)=O)C(C)(C)CC(C)(C)C)C(=O)NS(=O)(=O)C1CC1. The fourth-order valence-corrected chi connectivity index (χ4v) is 9.86. The van der Waals surface area contributed by atoms with E-state index in [0.29, 0.717) is 58.5 Å². The van der Waals surface area contributed by atoms with Gasteiger partial charge in [0, 0.05) is 29.4 Å². The monoisotopic (exact) mass is 829 g/mol. The molecular formula is C43H51N5O10S. The number of hydrogen-bond acceptors (Lipinski definition) is 11. The Morgan fingerprint density at radius 2 is 1.80 bits per heavy atom. The van der Waals surface area contributed by atoms with E-state index in [1.165, 1.54) is 11.0 Å². The Morgan fingerprint density at radius 1 is 1.08 bits per heavy atom. The lowest BCUT2D eigenvalue weighted by atomic mass is 9.72. The highest BCUT2D eigenvalue weighted by molar-refractivity contribution is 7.91. The zero-order valence-corrected chi connectivity index (χ0v) is 34.9. The van der Waals surface area contributed by atoms with Gasteiger partial charge in [-0.3, -0.25) is 19.1 Å². The summed E-state index contributed by atoms with van der Waals surface area (Å²) in [5.41, 5.74) is 5.43. The molecule has 4 amide bonds. The summed E-state index contributed by atoms with van der Waals surface area (Å²) in [5, 5.41) is 2.81. The van der Waals surface area contributed by atoms with E-state index >= 15 is 0 Å². The molecule has 5 atom stereocenters. The standard InChI is InChI=1S/C43H51N5O10S/c1-8-25-21-43(25,39(51)47-59(53,54)28-15-16-28)46-37(49)31-19-27(22-48(31)38(50)36(58-40(44)52)42(5,6)23-41(2,3)4)56-33-20-30(24-12-10-9-11-13-24)45-34-29-18-26(55-7)14-17-32(29)57-35(33)34/h8-14,17-18,20,25,27-28,31,36H,1,15-16,19,21-23H2,2-7H3,(H2,44,52)(H,46,49)(H,47,51)/t25-,27-,31+,36-,43-/m1/s1. The van der Waals surface area contributed by atoms with E-state index in [1.54, 1.807) is 39.2 Å². The van der Waals surface area contributed by atoms with Gasteiger partial charge in [0.2, 0.25) is 15.9 Å². The summed E-state index contributed by atoms with van der Waals surface area (Å²) in [6.45, 7) is 13.2. The molecule has 3 fully saturated rings. The molecule has 0 bridgehead atoms. The number of ether oxygens (including phenoxy) is 3. The molecule has 15 nitrogen and oxygen atoms in total. The maximum atomic E-state index is 14.8. The number of methoxy groups -OCH3 is 1. The summed E-state index contributed by atoms with van der Waals surface area (Å²) in [6, 6.07) is 15.3. The fourth-order valence-electron chi connectivity index (χ4n) is 8.50. The van der Waals surface area contributed by atoms with Crippen LogP contribution < -0.4 is 25.2 Å². The van der Waals surface area contributed by atoms with Crippen LogP contribution in [-0.4, -0.2) is 84.8 Å². The highest BCUT2D eigenvalue weighted by Crippen LogP contribution is 2.46. The topological polar surface area (TPSA) is 209 Å². The van der Waals surface area contributed by atoms with Gasteiger partial charge in [0.25, 0.3) is 11.8 Å². The van der Waals surface area contributed by atoms with Gasteiger partial charge in [-0.15, -0.1) is 6.58 Å². The van der Waals surface area contributed by atoms with E-state index in [-0.39, 0.29) is 24.8 Å². The lowest BCUT2D eigenvalue weighted by Crippen LogP contribution is -2.58. The van der Waals surface area contributed by atoms with Gasteiger partial charge >= 0.3 is 6.09 Å². The lowest BCUT2D eigenvalue weighted by Gasteiger charge is -2.39. The second-order valence-corrected chi connectivity index (χ2v) is 19.7. The van der Waals surface area contributed by atoms with Crippen LogP contribution in [0.3, 0.4) is 0 Å². The number of hydrogen-bond donors (Lipinski definition) is 3. The number of likely N-dealkylation sites (tertiary alicyclic amines) is 1. The average molecular weight is 830 g/mol. The van der Waals surface area contributed by atoms with E-state index in [2.05, 4.69) is 16.6 Å². The summed E-state index contributed by atoms with van der Waals surface area (Å²) in [4.78, 5) is 61.6. The first kappa shape index (κ1) is 41.5. The molecule has 3 heterocycles. The summed E-state index contributed by atoms with van der Waals surface area (Å²) in [5.74, 6) is -1.95. The van der Waals surface area contributed by atoms with Gasteiger partial charge in [-0.1, -0.05) is 71.0 Å². The van der Waals surface area contributed by atoms with Crippen molar-refractivity contribution < 1.29 is 46.2 Å². The summed E-state index contributed by atoms with van der Waals surface area (Å²) in [6.07, 6.45) is -0.557. The van der Waals surface area contributed by atoms with Crippen LogP contribution in [-0.2, 0) is 29.1 Å². The first-order valence-corrected chi connectivity index (χ1v) is 21.2. The second-order valence-electron chi connectivity index (χ2n) is 17.7. The molecule has 2 aliphatic carbocycles. The predicted molar refractivity (Wildman–Crippen MR) is 220 cm³/mol. The number of benzene rings is 2. The fraction of sp³-hybridized carbons (Fsp3) is 0.465. The third-order valence-corrected chi connectivity index (χ3v) is 13.0. The van der Waals surface area contributed by atoms with E-state index in [4.69, 9.17) is 29.3 Å². The molecular weight excluding hydrogens is 779 g/mol. The number of carbonyl (C=O) groups is 4. The molecule has 1 aliphatic heterocycles. The minimum atomic E-state index is -3.94. The number of rotatable bonds is 14. The van der Waals surface area contributed by atoms with Crippen LogP contribution in [0.2, 0.25) is 0 Å². The molecule has 2 aromatic carbocycles. The third-order valence-electron chi connectivity index (χ3n) is 11.2. The summed E-state index contributed by atoms with van der Waals surface area (Å²) < 4.78 is 51.9. The number of furan rings is 1. The number of sulfonamides is 1. The Labute approximate surface area is 343 Å². The number of carbonyl (C=O) groups excluding carboxylic acids is 4. The van der Waals surface area contributed by atoms with Gasteiger partial charge in [0.05, 0.1) is 30.0 Å². The number of nitrogens with one attached hydrogen (secondary N) is 2. The van der Waals surface area contributed by atoms with Crippen molar-refractivity contribution in [3.05, 3.63) is 67.3 Å². The van der Waals surface area contributed by atoms with Crippen LogP contribution in [0, 0.1) is 16.7 Å². The zero-order chi connectivity index (χ0) is 42.7. The quantitative estimate of drug-likeness (QED) is 0.133. The Kier molecular flexibility index (Phi) is 10.7. The lowest BCUT2D eigenvalue weighted by molar-refractivity contribution is -0.152. The molecule has 314 valence electrons. The molecule has 59 heavy (non-hydrogen) atoms. The molecule has 3 aliphatic rings. The van der Waals surface area contributed by atoms with E-state index in [9.17, 15) is 27.6 Å². The van der Waals surface area contributed by atoms with Crippen molar-refractivity contribution in [2.45, 2.75) is 95.8 Å². The van der Waals surface area contributed by atoms with Crippen molar-refractivity contribution in [3.63, 3.8) is 0 Å². The van der Waals surface area contributed by atoms with Gasteiger partial charge in [-0.2, -0.15) is 0 Å². The Bertz CT molecular complexity index is 2440. The Balaban J connectivity index is 1.27. The largest absolute Gasteiger partial charge is 0.497 e. The molecule has 7 rings (SSSR count). The Morgan fingerprint density at radius 3 is 2.41 bits per heavy atom. The minimum absolute atomic E-state index is 0.0596. The van der Waals surface area contributed by atoms with Crippen LogP contribution >= 0.6 is 0 Å². The maximum Gasteiger partial charge on any atom is 0.405 e. The van der Waals surface area contributed by atoms with Gasteiger partial charge < -0.3 is 34.6 Å². The van der Waals surface area contributed by atoms with Crippen LogP contribution in [0.1, 0.15) is 66.7 Å². The molecule has 2 saturated carbocycles. The van der Waals surface area contributed by atoms with Crippen molar-refractivity contribution in [3.8, 4) is 22.8 Å². The van der Waals surface area contributed by atoms with E-state index in [1.807, 2.05) is 57.2 Å². The van der Waals surface area contributed by atoms with Gasteiger partial charge in [-0.05, 0) is 49.3 Å². The van der Waals surface area contributed by atoms with Crippen molar-refractivity contribution in [1.82, 2.24) is 19.9 Å². The van der Waals surface area contributed by atoms with Crippen LogP contribution in [0.15, 0.2) is 71.7 Å². The van der Waals surface area contributed by atoms with Crippen molar-refractivity contribution >= 4 is 55.9 Å². The maximum absolute atomic E-state index is 14.8. The number of pyridine rings is 1. The minimum Gasteiger partial charge on any atom is -0.497 e. The summed E-state index contributed by atoms with van der Waals surface area (Å²) in [7, 11) is -2.38. The molecule has 4 aromatic rings. The van der Waals surface area contributed by atoms with Crippen LogP contribution in [0.4, 0.5) is 4.79 Å². The highest BCUT2D eigenvalue weighted by Gasteiger charge is 2.62. The zero-order valence-electron chi connectivity index (χ0n) is 34.1. The number of fused-ring (bicyclic) bond motifs is 3. The second kappa shape index (κ2) is 15.2. The van der Waals surface area contributed by atoms with Gasteiger partial charge in [0.15, 0.2) is 17.4 Å². The van der Waals surface area contributed by atoms with E-state index < -0.39 is 74.2 Å². The number of amides is 4.